The van der Waals surface area contributed by atoms with Gasteiger partial charge in [0.1, 0.15) is 0 Å². The average Bonchev–Trinajstić information content (AvgIpc) is 3.56. The van der Waals surface area contributed by atoms with E-state index in [2.05, 4.69) is 27.2 Å². The van der Waals surface area contributed by atoms with Gasteiger partial charge in [-0.05, 0) is 55.2 Å². The minimum Gasteiger partial charge on any atom is -0.368 e. The average molecular weight is 415 g/mol. The maximum absolute atomic E-state index is 13.3. The van der Waals surface area contributed by atoms with E-state index in [-0.39, 0.29) is 23.9 Å². The molecule has 2 aromatic rings. The van der Waals surface area contributed by atoms with Crippen LogP contribution in [0.3, 0.4) is 0 Å². The predicted molar refractivity (Wildman–Crippen MR) is 110 cm³/mol. The van der Waals surface area contributed by atoms with Crippen LogP contribution in [-0.4, -0.2) is 37.6 Å². The minimum absolute atomic E-state index is 0.0366. The van der Waals surface area contributed by atoms with E-state index in [1.54, 1.807) is 6.07 Å². The van der Waals surface area contributed by atoms with Crippen LogP contribution in [0.4, 0.5) is 24.5 Å². The van der Waals surface area contributed by atoms with Crippen LogP contribution in [0.15, 0.2) is 48.5 Å². The number of benzene rings is 2. The largest absolute Gasteiger partial charge is 0.416 e. The first-order valence-electron chi connectivity index (χ1n) is 10.5. The smallest absolute Gasteiger partial charge is 0.368 e. The summed E-state index contributed by atoms with van der Waals surface area (Å²) in [6, 6.07) is 14.2. The summed E-state index contributed by atoms with van der Waals surface area (Å²) in [5.74, 6) is -0.404. The number of para-hydroxylation sites is 1. The number of amides is 1. The molecule has 2 fully saturated rings. The lowest BCUT2D eigenvalue weighted by Gasteiger charge is -2.49. The number of carbonyl (C=O) groups excluding carboxylic acids is 1. The van der Waals surface area contributed by atoms with E-state index in [1.807, 2.05) is 18.2 Å². The van der Waals surface area contributed by atoms with Crippen LogP contribution in [0, 0.1) is 5.92 Å². The Balaban J connectivity index is 1.48. The van der Waals surface area contributed by atoms with Crippen LogP contribution in [0.5, 0.6) is 0 Å². The third kappa shape index (κ3) is 3.61. The van der Waals surface area contributed by atoms with Gasteiger partial charge in [0.2, 0.25) is 5.91 Å². The van der Waals surface area contributed by atoms with Crippen LogP contribution in [0.25, 0.3) is 0 Å². The van der Waals surface area contributed by atoms with Gasteiger partial charge in [0.15, 0.2) is 0 Å². The third-order valence-electron chi connectivity index (χ3n) is 6.42. The van der Waals surface area contributed by atoms with Crippen molar-refractivity contribution in [1.29, 1.82) is 0 Å². The Morgan fingerprint density at radius 3 is 2.50 bits per heavy atom. The number of rotatable bonds is 3. The minimum atomic E-state index is -4.39. The number of hydrogen-bond donors (Lipinski definition) is 1. The van der Waals surface area contributed by atoms with Gasteiger partial charge in [-0.15, -0.1) is 0 Å². The van der Waals surface area contributed by atoms with E-state index in [0.29, 0.717) is 25.1 Å². The second-order valence-corrected chi connectivity index (χ2v) is 8.48. The van der Waals surface area contributed by atoms with Crippen LogP contribution in [0.2, 0.25) is 0 Å². The van der Waals surface area contributed by atoms with Crippen molar-refractivity contribution >= 4 is 17.3 Å². The van der Waals surface area contributed by atoms with Crippen molar-refractivity contribution in [2.45, 2.75) is 37.5 Å². The molecule has 1 saturated carbocycles. The fraction of sp³-hybridized carbons (Fsp3) is 0.435. The number of anilines is 2. The standard InChI is InChI=1S/C23H24F3N3O/c24-23(25,26)16-6-9-20-15(12-16)13-19(22(30)27-17-7-8-17)21-14-28(10-11-29(20)21)18-4-2-1-3-5-18/h1-6,9,12,17,19,21H,7-8,10-11,13-14H2,(H,27,30). The number of nitrogens with zero attached hydrogens (tertiary/aromatic N) is 2. The summed E-state index contributed by atoms with van der Waals surface area (Å²) in [6.45, 7) is 2.11. The van der Waals surface area contributed by atoms with Gasteiger partial charge in [-0.2, -0.15) is 13.2 Å². The molecule has 1 aliphatic carbocycles. The maximum atomic E-state index is 13.3. The van der Waals surface area contributed by atoms with Gasteiger partial charge in [0, 0.05) is 37.1 Å². The Hall–Kier alpha value is -2.70. The molecule has 1 amide bonds. The fourth-order valence-corrected chi connectivity index (χ4v) is 4.71. The molecular formula is C23H24F3N3O. The zero-order valence-electron chi connectivity index (χ0n) is 16.5. The van der Waals surface area contributed by atoms with E-state index in [0.717, 1.165) is 36.8 Å². The van der Waals surface area contributed by atoms with Gasteiger partial charge >= 0.3 is 6.18 Å². The molecule has 0 bridgehead atoms. The van der Waals surface area contributed by atoms with Crippen molar-refractivity contribution in [3.63, 3.8) is 0 Å². The second-order valence-electron chi connectivity index (χ2n) is 8.48. The molecule has 7 heteroatoms. The van der Waals surface area contributed by atoms with Crippen molar-refractivity contribution < 1.29 is 18.0 Å². The molecule has 0 aromatic heterocycles. The van der Waals surface area contributed by atoms with Crippen molar-refractivity contribution in [1.82, 2.24) is 5.32 Å². The van der Waals surface area contributed by atoms with Gasteiger partial charge < -0.3 is 15.1 Å². The number of fused-ring (bicyclic) bond motifs is 3. The number of halogens is 3. The Kier molecular flexibility index (Phi) is 4.64. The lowest BCUT2D eigenvalue weighted by molar-refractivity contribution is -0.137. The molecule has 158 valence electrons. The molecule has 4 nitrogen and oxygen atoms in total. The number of alkyl halides is 3. The second kappa shape index (κ2) is 7.22. The van der Waals surface area contributed by atoms with Gasteiger partial charge in [0.05, 0.1) is 17.5 Å². The van der Waals surface area contributed by atoms with Crippen molar-refractivity contribution in [3.8, 4) is 0 Å². The molecule has 0 radical (unpaired) electrons. The Labute approximate surface area is 173 Å². The summed E-state index contributed by atoms with van der Waals surface area (Å²) in [4.78, 5) is 17.5. The topological polar surface area (TPSA) is 35.6 Å². The van der Waals surface area contributed by atoms with E-state index in [9.17, 15) is 18.0 Å². The summed E-state index contributed by atoms with van der Waals surface area (Å²) in [6.07, 6.45) is -2.08. The summed E-state index contributed by atoms with van der Waals surface area (Å²) in [5.41, 5.74) is 1.90. The fourth-order valence-electron chi connectivity index (χ4n) is 4.71. The lowest BCUT2D eigenvalue weighted by Crippen LogP contribution is -2.61. The number of carbonyl (C=O) groups is 1. The highest BCUT2D eigenvalue weighted by atomic mass is 19.4. The van der Waals surface area contributed by atoms with E-state index >= 15 is 0 Å². The van der Waals surface area contributed by atoms with Crippen LogP contribution in [-0.2, 0) is 17.4 Å². The Morgan fingerprint density at radius 2 is 1.80 bits per heavy atom. The number of piperazine rings is 1. The highest BCUT2D eigenvalue weighted by Crippen LogP contribution is 2.40. The Morgan fingerprint density at radius 1 is 1.03 bits per heavy atom. The lowest BCUT2D eigenvalue weighted by atomic mass is 9.82. The molecule has 2 heterocycles. The van der Waals surface area contributed by atoms with Crippen LogP contribution in [0.1, 0.15) is 24.0 Å². The van der Waals surface area contributed by atoms with Crippen molar-refractivity contribution in [3.05, 3.63) is 59.7 Å². The molecule has 3 aliphatic rings. The monoisotopic (exact) mass is 415 g/mol. The normalized spacial score (nSPS) is 23.6. The molecule has 2 unspecified atom stereocenters. The van der Waals surface area contributed by atoms with Gasteiger partial charge in [-0.1, -0.05) is 18.2 Å². The number of hydrogen-bond acceptors (Lipinski definition) is 3. The zero-order chi connectivity index (χ0) is 20.9. The van der Waals surface area contributed by atoms with Crippen LogP contribution < -0.4 is 15.1 Å². The first-order valence-corrected chi connectivity index (χ1v) is 10.5. The quantitative estimate of drug-likeness (QED) is 0.827. The van der Waals surface area contributed by atoms with Crippen molar-refractivity contribution in [2.24, 2.45) is 5.92 Å². The summed E-state index contributed by atoms with van der Waals surface area (Å²) in [7, 11) is 0. The summed E-state index contributed by atoms with van der Waals surface area (Å²) >= 11 is 0. The SMILES string of the molecule is O=C(NC1CC1)C1Cc2cc(C(F)(F)F)ccc2N2CCN(c3ccccc3)CC12. The third-order valence-corrected chi connectivity index (χ3v) is 6.42. The van der Waals surface area contributed by atoms with Gasteiger partial charge in [0.25, 0.3) is 0 Å². The zero-order valence-corrected chi connectivity index (χ0v) is 16.5. The Bertz CT molecular complexity index is 942. The molecule has 0 spiro atoms. The van der Waals surface area contributed by atoms with Gasteiger partial charge in [-0.25, -0.2) is 0 Å². The van der Waals surface area contributed by atoms with Crippen molar-refractivity contribution in [2.75, 3.05) is 29.4 Å². The highest BCUT2D eigenvalue weighted by Gasteiger charge is 2.43. The summed E-state index contributed by atoms with van der Waals surface area (Å²) in [5, 5.41) is 3.08. The highest BCUT2D eigenvalue weighted by molar-refractivity contribution is 5.83. The van der Waals surface area contributed by atoms with E-state index in [1.165, 1.54) is 6.07 Å². The molecule has 30 heavy (non-hydrogen) atoms. The molecule has 1 saturated heterocycles. The van der Waals surface area contributed by atoms with E-state index < -0.39 is 11.7 Å². The molecule has 2 atom stereocenters. The number of nitrogens with one attached hydrogen (secondary N) is 1. The predicted octanol–water partition coefficient (Wildman–Crippen LogP) is 3.85. The first-order chi connectivity index (χ1) is 14.4. The van der Waals surface area contributed by atoms with Crippen LogP contribution >= 0.6 is 0 Å². The first kappa shape index (κ1) is 19.3. The molecule has 2 aromatic carbocycles. The summed E-state index contributed by atoms with van der Waals surface area (Å²) < 4.78 is 39.8. The molecule has 2 aliphatic heterocycles. The van der Waals surface area contributed by atoms with Gasteiger partial charge in [-0.3, -0.25) is 4.79 Å². The maximum Gasteiger partial charge on any atom is 0.416 e. The molecular weight excluding hydrogens is 391 g/mol. The van der Waals surface area contributed by atoms with E-state index in [4.69, 9.17) is 0 Å². The molecule has 1 N–H and O–H groups in total. The molecule has 5 rings (SSSR count).